The first-order valence-electron chi connectivity index (χ1n) is 9.40. The van der Waals surface area contributed by atoms with E-state index >= 15 is 0 Å². The fraction of sp³-hybridized carbons (Fsp3) is 0.632. The summed E-state index contributed by atoms with van der Waals surface area (Å²) in [6, 6.07) is 7.37. The molecule has 1 saturated heterocycles. The summed E-state index contributed by atoms with van der Waals surface area (Å²) < 4.78 is 32.3. The molecule has 0 aromatic heterocycles. The lowest BCUT2D eigenvalue weighted by molar-refractivity contribution is -0.129. The maximum Gasteiger partial charge on any atom is 0.230 e. The van der Waals surface area contributed by atoms with Crippen LogP contribution in [0.3, 0.4) is 0 Å². The molecule has 1 saturated carbocycles. The van der Waals surface area contributed by atoms with E-state index in [1.165, 1.54) is 4.31 Å². The molecule has 1 aliphatic carbocycles. The fourth-order valence-corrected chi connectivity index (χ4v) is 5.60. The maximum absolute atomic E-state index is 12.8. The first-order chi connectivity index (χ1) is 12.7. The third-order valence-corrected chi connectivity index (χ3v) is 7.48. The lowest BCUT2D eigenvalue weighted by atomic mass is 9.64. The Hall–Kier alpha value is -1.15. The molecule has 6 nitrogen and oxygen atoms in total. The van der Waals surface area contributed by atoms with Crippen LogP contribution in [0.15, 0.2) is 24.3 Å². The summed E-state index contributed by atoms with van der Waals surface area (Å²) >= 11 is 6.08. The molecule has 2 unspecified atom stereocenters. The average Bonchev–Trinajstić information content (AvgIpc) is 2.53. The first kappa shape index (κ1) is 20.6. The van der Waals surface area contributed by atoms with Gasteiger partial charge in [0.1, 0.15) is 0 Å². The highest BCUT2D eigenvalue weighted by molar-refractivity contribution is 7.89. The molecule has 1 aliphatic heterocycles. The van der Waals surface area contributed by atoms with Crippen molar-refractivity contribution in [2.45, 2.75) is 50.7 Å². The van der Waals surface area contributed by atoms with E-state index in [1.807, 2.05) is 32.0 Å². The molecule has 1 heterocycles. The molecule has 150 valence electrons. The van der Waals surface area contributed by atoms with Crippen molar-refractivity contribution in [2.75, 3.05) is 25.4 Å². The summed E-state index contributed by atoms with van der Waals surface area (Å²) in [4.78, 5) is 12.8. The van der Waals surface area contributed by atoms with Gasteiger partial charge in [-0.05, 0) is 44.4 Å². The van der Waals surface area contributed by atoms with Crippen molar-refractivity contribution in [1.29, 1.82) is 0 Å². The van der Waals surface area contributed by atoms with Crippen LogP contribution in [0.1, 0.15) is 38.7 Å². The normalized spacial score (nSPS) is 25.6. The van der Waals surface area contributed by atoms with Crippen LogP contribution in [-0.4, -0.2) is 56.2 Å². The van der Waals surface area contributed by atoms with E-state index in [9.17, 15) is 13.2 Å². The summed E-state index contributed by atoms with van der Waals surface area (Å²) in [5, 5.41) is 3.44. The van der Waals surface area contributed by atoms with Crippen LogP contribution in [-0.2, 0) is 25.0 Å². The van der Waals surface area contributed by atoms with Crippen LogP contribution in [0.5, 0.6) is 0 Å². The van der Waals surface area contributed by atoms with Crippen LogP contribution in [0, 0.1) is 0 Å². The Labute approximate surface area is 166 Å². The third kappa shape index (κ3) is 4.47. The molecule has 3 rings (SSSR count). The molecule has 1 aromatic carbocycles. The molecule has 2 fully saturated rings. The monoisotopic (exact) mass is 414 g/mol. The number of carbonyl (C=O) groups excluding carboxylic acids is 1. The highest BCUT2D eigenvalue weighted by Gasteiger charge is 2.45. The van der Waals surface area contributed by atoms with Gasteiger partial charge in [0.25, 0.3) is 0 Å². The number of sulfonamides is 1. The van der Waals surface area contributed by atoms with Gasteiger partial charge in [0.2, 0.25) is 15.9 Å². The second-order valence-corrected chi connectivity index (χ2v) is 10.1. The molecule has 1 N–H and O–H groups in total. The zero-order valence-electron chi connectivity index (χ0n) is 15.8. The smallest absolute Gasteiger partial charge is 0.230 e. The van der Waals surface area contributed by atoms with Gasteiger partial charge in [-0.1, -0.05) is 30.2 Å². The Kier molecular flexibility index (Phi) is 6.15. The number of ether oxygens (including phenoxy) is 1. The van der Waals surface area contributed by atoms with E-state index in [-0.39, 0.29) is 30.4 Å². The second kappa shape index (κ2) is 8.07. The standard InChI is InChI=1S/C19H27ClN2O4S/c1-14-12-22(13-15(2)26-14)27(24,25)10-9-21-18(23)19(7-4-8-19)16-5-3-6-17(20)11-16/h3,5-6,11,14-15H,4,7-10,12-13H2,1-2H3,(H,21,23). The van der Waals surface area contributed by atoms with Crippen molar-refractivity contribution < 1.29 is 17.9 Å². The molecule has 1 amide bonds. The second-order valence-electron chi connectivity index (χ2n) is 7.59. The Morgan fingerprint density at radius 3 is 2.52 bits per heavy atom. The van der Waals surface area contributed by atoms with Gasteiger partial charge in [0.05, 0.1) is 23.4 Å². The number of hydrogen-bond acceptors (Lipinski definition) is 4. The minimum atomic E-state index is -3.43. The van der Waals surface area contributed by atoms with Crippen LogP contribution >= 0.6 is 11.6 Å². The summed E-state index contributed by atoms with van der Waals surface area (Å²) in [5.41, 5.74) is 0.314. The number of morpholine rings is 1. The molecule has 27 heavy (non-hydrogen) atoms. The highest BCUT2D eigenvalue weighted by atomic mass is 35.5. The predicted molar refractivity (Wildman–Crippen MR) is 105 cm³/mol. The molecule has 2 aliphatic rings. The van der Waals surface area contributed by atoms with Crippen LogP contribution in [0.2, 0.25) is 5.02 Å². The molecule has 2 atom stereocenters. The van der Waals surface area contributed by atoms with Crippen LogP contribution < -0.4 is 5.32 Å². The quantitative estimate of drug-likeness (QED) is 0.775. The van der Waals surface area contributed by atoms with E-state index in [0.29, 0.717) is 18.1 Å². The zero-order chi connectivity index (χ0) is 19.7. The van der Waals surface area contributed by atoms with E-state index < -0.39 is 15.4 Å². The fourth-order valence-electron chi connectivity index (χ4n) is 3.91. The largest absolute Gasteiger partial charge is 0.373 e. The van der Waals surface area contributed by atoms with E-state index in [2.05, 4.69) is 5.32 Å². The van der Waals surface area contributed by atoms with Gasteiger partial charge in [-0.25, -0.2) is 8.42 Å². The topological polar surface area (TPSA) is 75.7 Å². The van der Waals surface area contributed by atoms with E-state index in [0.717, 1.165) is 24.8 Å². The summed E-state index contributed by atoms with van der Waals surface area (Å²) in [5.74, 6) is -0.223. The highest BCUT2D eigenvalue weighted by Crippen LogP contribution is 2.44. The number of amides is 1. The van der Waals surface area contributed by atoms with Gasteiger partial charge < -0.3 is 10.1 Å². The number of benzene rings is 1. The van der Waals surface area contributed by atoms with Gasteiger partial charge in [0, 0.05) is 24.7 Å². The number of nitrogens with one attached hydrogen (secondary N) is 1. The minimum absolute atomic E-state index is 0.101. The summed E-state index contributed by atoms with van der Waals surface area (Å²) in [6.45, 7) is 4.54. The van der Waals surface area contributed by atoms with Gasteiger partial charge in [-0.3, -0.25) is 4.79 Å². The predicted octanol–water partition coefficient (Wildman–Crippen LogP) is 2.32. The van der Waals surface area contributed by atoms with Crippen molar-refractivity contribution in [3.05, 3.63) is 34.9 Å². The van der Waals surface area contributed by atoms with Crippen molar-refractivity contribution in [3.8, 4) is 0 Å². The Bertz CT molecular complexity index is 785. The minimum Gasteiger partial charge on any atom is -0.373 e. The molecular formula is C19H27ClN2O4S. The molecule has 0 radical (unpaired) electrons. The Morgan fingerprint density at radius 1 is 1.30 bits per heavy atom. The van der Waals surface area contributed by atoms with Crippen molar-refractivity contribution in [2.24, 2.45) is 0 Å². The van der Waals surface area contributed by atoms with Crippen LogP contribution in [0.25, 0.3) is 0 Å². The Morgan fingerprint density at radius 2 is 1.96 bits per heavy atom. The Balaban J connectivity index is 1.60. The summed E-state index contributed by atoms with van der Waals surface area (Å²) in [7, 11) is -3.43. The molecule has 0 spiro atoms. The molecule has 8 heteroatoms. The SMILES string of the molecule is CC1CN(S(=O)(=O)CCNC(=O)C2(c3cccc(Cl)c3)CCC2)CC(C)O1. The van der Waals surface area contributed by atoms with Gasteiger partial charge in [-0.15, -0.1) is 0 Å². The van der Waals surface area contributed by atoms with Crippen LogP contribution in [0.4, 0.5) is 0 Å². The average molecular weight is 415 g/mol. The van der Waals surface area contributed by atoms with Gasteiger partial charge in [0.15, 0.2) is 0 Å². The van der Waals surface area contributed by atoms with Crippen molar-refractivity contribution in [3.63, 3.8) is 0 Å². The number of carbonyl (C=O) groups is 1. The molecule has 1 aromatic rings. The first-order valence-corrected chi connectivity index (χ1v) is 11.4. The molecule has 0 bridgehead atoms. The number of hydrogen-bond donors (Lipinski definition) is 1. The van der Waals surface area contributed by atoms with Crippen molar-refractivity contribution >= 4 is 27.5 Å². The summed E-state index contributed by atoms with van der Waals surface area (Å²) in [6.07, 6.45) is 2.23. The maximum atomic E-state index is 12.8. The van der Waals surface area contributed by atoms with Crippen molar-refractivity contribution in [1.82, 2.24) is 9.62 Å². The third-order valence-electron chi connectivity index (χ3n) is 5.44. The molecular weight excluding hydrogens is 388 g/mol. The zero-order valence-corrected chi connectivity index (χ0v) is 17.4. The number of halogens is 1. The van der Waals surface area contributed by atoms with E-state index in [1.54, 1.807) is 6.07 Å². The lowest BCUT2D eigenvalue weighted by Crippen LogP contribution is -2.52. The number of nitrogens with zero attached hydrogens (tertiary/aromatic N) is 1. The van der Waals surface area contributed by atoms with Gasteiger partial charge in [-0.2, -0.15) is 4.31 Å². The number of rotatable bonds is 6. The van der Waals surface area contributed by atoms with E-state index in [4.69, 9.17) is 16.3 Å². The van der Waals surface area contributed by atoms with Gasteiger partial charge >= 0.3 is 0 Å². The lowest BCUT2D eigenvalue weighted by Gasteiger charge is -2.41.